The maximum absolute atomic E-state index is 12.1. The molecule has 0 aliphatic heterocycles. The molecule has 1 aromatic heterocycles. The van der Waals surface area contributed by atoms with Gasteiger partial charge in [0.2, 0.25) is 5.91 Å². The fourth-order valence-electron chi connectivity index (χ4n) is 2.32. The van der Waals surface area contributed by atoms with E-state index in [1.54, 1.807) is 11.8 Å². The summed E-state index contributed by atoms with van der Waals surface area (Å²) in [6.45, 7) is 6.88. The topological polar surface area (TPSA) is 59.8 Å². The van der Waals surface area contributed by atoms with Gasteiger partial charge in [0.1, 0.15) is 5.82 Å². The van der Waals surface area contributed by atoms with Gasteiger partial charge in [-0.2, -0.15) is 0 Å². The van der Waals surface area contributed by atoms with E-state index in [4.69, 9.17) is 0 Å². The molecule has 1 amide bonds. The molecule has 0 saturated heterocycles. The van der Waals surface area contributed by atoms with Crippen molar-refractivity contribution in [1.82, 2.24) is 20.1 Å². The van der Waals surface area contributed by atoms with Crippen molar-refractivity contribution in [1.29, 1.82) is 0 Å². The van der Waals surface area contributed by atoms with Crippen LogP contribution < -0.4 is 5.32 Å². The van der Waals surface area contributed by atoms with Crippen molar-refractivity contribution in [3.05, 3.63) is 5.82 Å². The first-order valence-electron chi connectivity index (χ1n) is 7.95. The molecular weight excluding hydrogens is 284 g/mol. The molecule has 0 radical (unpaired) electrons. The van der Waals surface area contributed by atoms with Crippen LogP contribution in [0.15, 0.2) is 5.16 Å². The van der Waals surface area contributed by atoms with Crippen LogP contribution in [0, 0.1) is 5.92 Å². The van der Waals surface area contributed by atoms with Gasteiger partial charge in [-0.3, -0.25) is 4.79 Å². The van der Waals surface area contributed by atoms with E-state index in [0.29, 0.717) is 17.9 Å². The van der Waals surface area contributed by atoms with E-state index in [2.05, 4.69) is 33.9 Å². The zero-order chi connectivity index (χ0) is 15.0. The Morgan fingerprint density at radius 1 is 1.29 bits per heavy atom. The van der Waals surface area contributed by atoms with Gasteiger partial charge in [0, 0.05) is 18.5 Å². The molecule has 0 bridgehead atoms. The molecule has 5 nitrogen and oxygen atoms in total. The number of rotatable bonds is 7. The lowest BCUT2D eigenvalue weighted by molar-refractivity contribution is -0.120. The summed E-state index contributed by atoms with van der Waals surface area (Å²) in [6, 6.07) is 0.573. The molecule has 1 heterocycles. The molecule has 3 rings (SSSR count). The van der Waals surface area contributed by atoms with Crippen molar-refractivity contribution in [2.24, 2.45) is 5.92 Å². The highest BCUT2D eigenvalue weighted by molar-refractivity contribution is 8.00. The zero-order valence-corrected chi connectivity index (χ0v) is 13.8. The molecule has 1 aromatic rings. The van der Waals surface area contributed by atoms with Crippen molar-refractivity contribution in [3.8, 4) is 0 Å². The molecular formula is C15H24N4OS. The molecule has 1 atom stereocenters. The van der Waals surface area contributed by atoms with Gasteiger partial charge in [0.15, 0.2) is 5.16 Å². The van der Waals surface area contributed by atoms with Crippen molar-refractivity contribution in [2.75, 3.05) is 6.54 Å². The first kappa shape index (κ1) is 14.9. The first-order valence-corrected chi connectivity index (χ1v) is 8.83. The number of carbonyl (C=O) groups excluding carboxylic acids is 1. The van der Waals surface area contributed by atoms with Gasteiger partial charge in [0.25, 0.3) is 0 Å². The second-order valence-corrected chi connectivity index (χ2v) is 7.92. The minimum Gasteiger partial charge on any atom is -0.355 e. The number of carbonyl (C=O) groups is 1. The molecule has 2 fully saturated rings. The van der Waals surface area contributed by atoms with E-state index in [0.717, 1.165) is 17.5 Å². The number of nitrogens with zero attached hydrogens (tertiary/aromatic N) is 3. The summed E-state index contributed by atoms with van der Waals surface area (Å²) in [5.74, 6) is 2.32. The van der Waals surface area contributed by atoms with Gasteiger partial charge in [-0.25, -0.2) is 0 Å². The summed E-state index contributed by atoms with van der Waals surface area (Å²) in [4.78, 5) is 12.1. The second-order valence-electron chi connectivity index (χ2n) is 6.62. The van der Waals surface area contributed by atoms with E-state index < -0.39 is 0 Å². The summed E-state index contributed by atoms with van der Waals surface area (Å²) < 4.78 is 2.30. The monoisotopic (exact) mass is 308 g/mol. The summed E-state index contributed by atoms with van der Waals surface area (Å²) >= 11 is 1.54. The van der Waals surface area contributed by atoms with Crippen LogP contribution in [0.1, 0.15) is 64.2 Å². The smallest absolute Gasteiger partial charge is 0.233 e. The van der Waals surface area contributed by atoms with Crippen LogP contribution in [-0.2, 0) is 4.79 Å². The average molecular weight is 308 g/mol. The average Bonchev–Trinajstić information content (AvgIpc) is 3.35. The highest BCUT2D eigenvalue weighted by atomic mass is 32.2. The molecule has 116 valence electrons. The van der Waals surface area contributed by atoms with Crippen LogP contribution in [0.5, 0.6) is 0 Å². The van der Waals surface area contributed by atoms with Crippen LogP contribution in [0.2, 0.25) is 0 Å². The van der Waals surface area contributed by atoms with Gasteiger partial charge >= 0.3 is 0 Å². The standard InChI is InChI=1S/C15H24N4OS/c1-9(2)8-16-14(20)10(3)21-15-18-17-13(11-4-5-11)19(15)12-6-7-12/h9-12H,4-8H2,1-3H3,(H,16,20). The first-order chi connectivity index (χ1) is 10.1. The lowest BCUT2D eigenvalue weighted by Crippen LogP contribution is -2.33. The SMILES string of the molecule is CC(C)CNC(=O)C(C)Sc1nnc(C2CC2)n1C1CC1. The van der Waals surface area contributed by atoms with Crippen LogP contribution in [0.3, 0.4) is 0 Å². The number of hydrogen-bond donors (Lipinski definition) is 1. The van der Waals surface area contributed by atoms with Crippen molar-refractivity contribution < 1.29 is 4.79 Å². The predicted molar refractivity (Wildman–Crippen MR) is 83.4 cm³/mol. The van der Waals surface area contributed by atoms with Gasteiger partial charge in [0.05, 0.1) is 5.25 Å². The Kier molecular flexibility index (Phi) is 4.24. The number of amides is 1. The minimum absolute atomic E-state index is 0.0898. The van der Waals surface area contributed by atoms with E-state index in [1.807, 2.05) is 6.92 Å². The quantitative estimate of drug-likeness (QED) is 0.787. The van der Waals surface area contributed by atoms with Crippen molar-refractivity contribution in [2.45, 2.75) is 68.8 Å². The Morgan fingerprint density at radius 2 is 2.00 bits per heavy atom. The van der Waals surface area contributed by atoms with E-state index >= 15 is 0 Å². The van der Waals surface area contributed by atoms with Crippen LogP contribution >= 0.6 is 11.8 Å². The summed E-state index contributed by atoms with van der Waals surface area (Å²) in [5, 5.41) is 12.5. The van der Waals surface area contributed by atoms with E-state index in [-0.39, 0.29) is 11.2 Å². The molecule has 6 heteroatoms. The molecule has 2 aliphatic rings. The molecule has 1 N–H and O–H groups in total. The number of hydrogen-bond acceptors (Lipinski definition) is 4. The van der Waals surface area contributed by atoms with Crippen molar-refractivity contribution in [3.63, 3.8) is 0 Å². The van der Waals surface area contributed by atoms with Gasteiger partial charge in [-0.05, 0) is 38.5 Å². The number of thioether (sulfide) groups is 1. The maximum Gasteiger partial charge on any atom is 0.233 e. The van der Waals surface area contributed by atoms with Crippen LogP contribution in [-0.4, -0.2) is 32.5 Å². The predicted octanol–water partition coefficient (Wildman–Crippen LogP) is 2.74. The molecule has 2 saturated carbocycles. The second kappa shape index (κ2) is 5.99. The van der Waals surface area contributed by atoms with Crippen LogP contribution in [0.4, 0.5) is 0 Å². The number of nitrogens with one attached hydrogen (secondary N) is 1. The summed E-state index contributed by atoms with van der Waals surface area (Å²) in [7, 11) is 0. The molecule has 1 unspecified atom stereocenters. The highest BCUT2D eigenvalue weighted by Crippen LogP contribution is 2.46. The number of aromatic nitrogens is 3. The van der Waals surface area contributed by atoms with Gasteiger partial charge < -0.3 is 9.88 Å². The third kappa shape index (κ3) is 3.59. The third-order valence-electron chi connectivity index (χ3n) is 3.88. The molecule has 21 heavy (non-hydrogen) atoms. The fourth-order valence-corrected chi connectivity index (χ4v) is 3.28. The van der Waals surface area contributed by atoms with Gasteiger partial charge in [-0.1, -0.05) is 25.6 Å². The summed E-state index contributed by atoms with van der Waals surface area (Å²) in [5.41, 5.74) is 0. The Labute approximate surface area is 130 Å². The third-order valence-corrected chi connectivity index (χ3v) is 4.94. The lowest BCUT2D eigenvalue weighted by atomic mass is 10.2. The van der Waals surface area contributed by atoms with Gasteiger partial charge in [-0.15, -0.1) is 10.2 Å². The Morgan fingerprint density at radius 3 is 2.57 bits per heavy atom. The Bertz CT molecular complexity index is 520. The molecule has 0 spiro atoms. The van der Waals surface area contributed by atoms with E-state index in [1.165, 1.54) is 25.7 Å². The molecule has 2 aliphatic carbocycles. The fraction of sp³-hybridized carbons (Fsp3) is 0.800. The summed E-state index contributed by atoms with van der Waals surface area (Å²) in [6.07, 6.45) is 4.92. The Balaban J connectivity index is 1.65. The normalized spacial score (nSPS) is 19.8. The van der Waals surface area contributed by atoms with Crippen molar-refractivity contribution >= 4 is 17.7 Å². The zero-order valence-electron chi connectivity index (χ0n) is 13.0. The largest absolute Gasteiger partial charge is 0.355 e. The van der Waals surface area contributed by atoms with Crippen LogP contribution in [0.25, 0.3) is 0 Å². The van der Waals surface area contributed by atoms with E-state index in [9.17, 15) is 4.79 Å². The Hall–Kier alpha value is -1.04. The highest BCUT2D eigenvalue weighted by Gasteiger charge is 2.37. The molecule has 0 aromatic carbocycles. The maximum atomic E-state index is 12.1. The lowest BCUT2D eigenvalue weighted by Gasteiger charge is -2.14. The minimum atomic E-state index is -0.127.